The fourth-order valence-electron chi connectivity index (χ4n) is 2.83. The Morgan fingerprint density at radius 3 is 2.80 bits per heavy atom. The van der Waals surface area contributed by atoms with Crippen LogP contribution in [0.1, 0.15) is 13.8 Å². The van der Waals surface area contributed by atoms with E-state index in [0.29, 0.717) is 6.67 Å². The van der Waals surface area contributed by atoms with Gasteiger partial charge in [-0.1, -0.05) is 0 Å². The van der Waals surface area contributed by atoms with Crippen molar-refractivity contribution >= 4 is 6.21 Å². The minimum Gasteiger partial charge on any atom is -0.371 e. The smallest absolute Gasteiger partial charge is 0.139 e. The van der Waals surface area contributed by atoms with Crippen molar-refractivity contribution in [2.75, 3.05) is 27.4 Å². The highest BCUT2D eigenvalue weighted by Gasteiger charge is 2.36. The van der Waals surface area contributed by atoms with E-state index in [-0.39, 0.29) is 6.10 Å². The molecule has 0 N–H and O–H groups in total. The molecule has 3 aliphatic rings. The Kier molecular flexibility index (Phi) is 3.27. The van der Waals surface area contributed by atoms with E-state index in [4.69, 9.17) is 9.57 Å². The summed E-state index contributed by atoms with van der Waals surface area (Å²) >= 11 is 0. The topological polar surface area (TPSA) is 40.5 Å². The van der Waals surface area contributed by atoms with Crippen LogP contribution in [0.25, 0.3) is 0 Å². The molecule has 0 aromatic rings. The second-order valence-corrected chi connectivity index (χ2v) is 4.96. The van der Waals surface area contributed by atoms with Gasteiger partial charge in [-0.05, 0) is 19.4 Å². The summed E-state index contributed by atoms with van der Waals surface area (Å²) in [4.78, 5) is 14.3. The van der Waals surface area contributed by atoms with Crippen molar-refractivity contribution in [3.63, 3.8) is 0 Å². The first kappa shape index (κ1) is 13.2. The zero-order chi connectivity index (χ0) is 14.3. The summed E-state index contributed by atoms with van der Waals surface area (Å²) in [6, 6.07) is 0. The van der Waals surface area contributed by atoms with Gasteiger partial charge in [0.2, 0.25) is 0 Å². The lowest BCUT2D eigenvalue weighted by atomic mass is 10.0. The Morgan fingerprint density at radius 2 is 2.15 bits per heavy atom. The molecule has 20 heavy (non-hydrogen) atoms. The largest absolute Gasteiger partial charge is 0.371 e. The molecule has 3 rings (SSSR count). The maximum Gasteiger partial charge on any atom is 0.139 e. The Bertz CT molecular complexity index is 535. The van der Waals surface area contributed by atoms with Gasteiger partial charge in [0, 0.05) is 19.9 Å². The van der Waals surface area contributed by atoms with Gasteiger partial charge in [0.25, 0.3) is 0 Å². The summed E-state index contributed by atoms with van der Waals surface area (Å²) in [5, 5.41) is 1.79. The van der Waals surface area contributed by atoms with Crippen LogP contribution in [-0.2, 0) is 9.57 Å². The van der Waals surface area contributed by atoms with E-state index in [2.05, 4.69) is 34.8 Å². The van der Waals surface area contributed by atoms with E-state index < -0.39 is 0 Å². The van der Waals surface area contributed by atoms with Gasteiger partial charge in [-0.3, -0.25) is 9.83 Å². The van der Waals surface area contributed by atoms with E-state index in [1.165, 1.54) is 5.57 Å². The van der Waals surface area contributed by atoms with E-state index in [1.807, 2.05) is 12.4 Å². The predicted molar refractivity (Wildman–Crippen MR) is 76.1 cm³/mol. The number of methoxy groups -OCH3 is 1. The lowest BCUT2D eigenvalue weighted by molar-refractivity contribution is -0.0969. The lowest BCUT2D eigenvalue weighted by Crippen LogP contribution is -2.41. The van der Waals surface area contributed by atoms with Crippen LogP contribution in [0.5, 0.6) is 0 Å². The average Bonchev–Trinajstić information content (AvgIpc) is 2.89. The Hall–Kier alpha value is -1.79. The number of rotatable bonds is 3. The molecule has 0 aromatic carbocycles. The van der Waals surface area contributed by atoms with Crippen molar-refractivity contribution in [1.82, 2.24) is 14.9 Å². The molecular formula is C14H20N4O2. The van der Waals surface area contributed by atoms with Crippen LogP contribution in [0, 0.1) is 0 Å². The SMILES string of the molecule is CCN1C=C(C)C(OC)C2=C1N1CN(OC)C=C1C=N2. The highest BCUT2D eigenvalue weighted by molar-refractivity contribution is 5.81. The maximum atomic E-state index is 5.61. The Morgan fingerprint density at radius 1 is 1.35 bits per heavy atom. The summed E-state index contributed by atoms with van der Waals surface area (Å²) in [5.74, 6) is 1.08. The number of hydrogen-bond acceptors (Lipinski definition) is 6. The van der Waals surface area contributed by atoms with Gasteiger partial charge in [-0.25, -0.2) is 5.06 Å². The number of hydroxylamine groups is 2. The van der Waals surface area contributed by atoms with Crippen molar-refractivity contribution < 1.29 is 9.57 Å². The predicted octanol–water partition coefficient (Wildman–Crippen LogP) is 1.47. The van der Waals surface area contributed by atoms with E-state index in [1.54, 1.807) is 19.3 Å². The first-order chi connectivity index (χ1) is 9.69. The van der Waals surface area contributed by atoms with Crippen LogP contribution in [0.4, 0.5) is 0 Å². The van der Waals surface area contributed by atoms with Crippen molar-refractivity contribution in [2.24, 2.45) is 4.99 Å². The number of aliphatic imine (C=N–C) groups is 1. The van der Waals surface area contributed by atoms with E-state index >= 15 is 0 Å². The fraction of sp³-hybridized carbons (Fsp3) is 0.500. The number of hydrogen-bond donors (Lipinski definition) is 0. The third kappa shape index (κ3) is 1.83. The van der Waals surface area contributed by atoms with Crippen molar-refractivity contribution in [2.45, 2.75) is 20.0 Å². The third-order valence-electron chi connectivity index (χ3n) is 3.79. The average molecular weight is 276 g/mol. The van der Waals surface area contributed by atoms with Crippen LogP contribution in [-0.4, -0.2) is 54.6 Å². The van der Waals surface area contributed by atoms with Gasteiger partial charge in [-0.15, -0.1) is 0 Å². The first-order valence-electron chi connectivity index (χ1n) is 6.75. The van der Waals surface area contributed by atoms with Crippen LogP contribution < -0.4 is 0 Å². The molecule has 3 heterocycles. The summed E-state index contributed by atoms with van der Waals surface area (Å²) in [6.07, 6.45) is 5.88. The molecule has 0 saturated heterocycles. The number of allylic oxidation sites excluding steroid dienone is 1. The molecule has 6 nitrogen and oxygen atoms in total. The lowest BCUT2D eigenvalue weighted by Gasteiger charge is -2.39. The van der Waals surface area contributed by atoms with E-state index in [0.717, 1.165) is 23.8 Å². The summed E-state index contributed by atoms with van der Waals surface area (Å²) in [6.45, 7) is 5.76. The molecule has 0 aliphatic carbocycles. The van der Waals surface area contributed by atoms with Crippen LogP contribution >= 0.6 is 0 Å². The molecular weight excluding hydrogens is 256 g/mol. The molecule has 0 bridgehead atoms. The summed E-state index contributed by atoms with van der Waals surface area (Å²) in [5.41, 5.74) is 3.16. The normalized spacial score (nSPS) is 24.8. The maximum absolute atomic E-state index is 5.61. The standard InChI is InChI=1S/C14H20N4O2/c1-5-16-7-10(2)13(19-3)12-14(16)18-9-17(20-4)8-11(18)6-15-12/h6-8,13H,5,9H2,1-4H3. The molecule has 108 valence electrons. The molecule has 0 radical (unpaired) electrons. The Labute approximate surface area is 119 Å². The van der Waals surface area contributed by atoms with Crippen LogP contribution in [0.2, 0.25) is 0 Å². The fourth-order valence-corrected chi connectivity index (χ4v) is 2.83. The van der Waals surface area contributed by atoms with Gasteiger partial charge in [0.1, 0.15) is 24.3 Å². The molecule has 6 heteroatoms. The molecule has 1 unspecified atom stereocenters. The second kappa shape index (κ2) is 4.96. The molecule has 0 fully saturated rings. The van der Waals surface area contributed by atoms with Crippen molar-refractivity contribution in [1.29, 1.82) is 0 Å². The number of nitrogens with zero attached hydrogens (tertiary/aromatic N) is 4. The summed E-state index contributed by atoms with van der Waals surface area (Å²) < 4.78 is 5.61. The minimum absolute atomic E-state index is 0.0813. The number of ether oxygens (including phenoxy) is 1. The van der Waals surface area contributed by atoms with Crippen LogP contribution in [0.3, 0.4) is 0 Å². The van der Waals surface area contributed by atoms with Crippen molar-refractivity contribution in [3.05, 3.63) is 35.2 Å². The van der Waals surface area contributed by atoms with Gasteiger partial charge in [0.05, 0.1) is 25.2 Å². The molecule has 0 saturated carbocycles. The quantitative estimate of drug-likeness (QED) is 0.781. The van der Waals surface area contributed by atoms with E-state index in [9.17, 15) is 0 Å². The van der Waals surface area contributed by atoms with Crippen LogP contribution in [0.15, 0.2) is 40.2 Å². The molecule has 1 atom stereocenters. The molecule has 0 amide bonds. The van der Waals surface area contributed by atoms with Gasteiger partial charge in [-0.2, -0.15) is 0 Å². The van der Waals surface area contributed by atoms with Crippen molar-refractivity contribution in [3.8, 4) is 0 Å². The third-order valence-corrected chi connectivity index (χ3v) is 3.79. The van der Waals surface area contributed by atoms with Gasteiger partial charge in [0.15, 0.2) is 0 Å². The van der Waals surface area contributed by atoms with Gasteiger partial charge >= 0.3 is 0 Å². The Balaban J connectivity index is 2.03. The first-order valence-corrected chi connectivity index (χ1v) is 6.75. The summed E-state index contributed by atoms with van der Waals surface area (Å²) in [7, 11) is 3.39. The minimum atomic E-state index is -0.0813. The monoisotopic (exact) mass is 276 g/mol. The molecule has 3 aliphatic heterocycles. The number of fused-ring (bicyclic) bond motifs is 2. The zero-order valence-electron chi connectivity index (χ0n) is 12.3. The second-order valence-electron chi connectivity index (χ2n) is 4.96. The highest BCUT2D eigenvalue weighted by atomic mass is 16.7. The molecule has 0 spiro atoms. The highest BCUT2D eigenvalue weighted by Crippen LogP contribution is 2.36. The van der Waals surface area contributed by atoms with Gasteiger partial charge < -0.3 is 14.5 Å². The zero-order valence-corrected chi connectivity index (χ0v) is 12.3. The molecule has 0 aromatic heterocycles.